The fourth-order valence-electron chi connectivity index (χ4n) is 3.87. The molecule has 0 radical (unpaired) electrons. The highest BCUT2D eigenvalue weighted by atomic mass is 32.1. The van der Waals surface area contributed by atoms with Crippen LogP contribution in [0.25, 0.3) is 0 Å². The van der Waals surface area contributed by atoms with Crippen LogP contribution in [-0.2, 0) is 25.0 Å². The fourth-order valence-corrected chi connectivity index (χ4v) is 4.42. The molecule has 0 aliphatic carbocycles. The highest BCUT2D eigenvalue weighted by Crippen LogP contribution is 2.32. The molecule has 3 heterocycles. The van der Waals surface area contributed by atoms with Gasteiger partial charge < -0.3 is 5.11 Å². The van der Waals surface area contributed by atoms with Crippen LogP contribution in [0.3, 0.4) is 0 Å². The van der Waals surface area contributed by atoms with E-state index in [1.807, 2.05) is 19.2 Å². The molecule has 162 valence electrons. The van der Waals surface area contributed by atoms with Crippen LogP contribution in [0.2, 0.25) is 0 Å². The van der Waals surface area contributed by atoms with Crippen molar-refractivity contribution in [1.82, 2.24) is 19.4 Å². The number of fused-ring (bicyclic) bond motifs is 1. The van der Waals surface area contributed by atoms with Gasteiger partial charge >= 0.3 is 0 Å². The largest absolute Gasteiger partial charge is 0.501 e. The minimum absolute atomic E-state index is 0.0536. The monoisotopic (exact) mass is 442 g/mol. The molecule has 0 spiro atoms. The number of Topliss-reactive ketones (excluding diaryl/α,β-unsaturated/α-hetero) is 1. The molecular weight excluding hydrogens is 419 g/mol. The number of ketones is 1. The molecule has 0 amide bonds. The van der Waals surface area contributed by atoms with E-state index in [-0.39, 0.29) is 17.9 Å². The molecule has 9 heteroatoms. The average molecular weight is 443 g/mol. The lowest BCUT2D eigenvalue weighted by Gasteiger charge is -2.42. The summed E-state index contributed by atoms with van der Waals surface area (Å²) in [5.74, 6) is -0.935. The third kappa shape index (κ3) is 4.15. The predicted molar refractivity (Wildman–Crippen MR) is 115 cm³/mol. The number of thiazole rings is 1. The zero-order valence-corrected chi connectivity index (χ0v) is 18.2. The maximum absolute atomic E-state index is 13.1. The average Bonchev–Trinajstić information content (AvgIpc) is 3.25. The van der Waals surface area contributed by atoms with Gasteiger partial charge in [-0.05, 0) is 38.0 Å². The third-order valence-electron chi connectivity index (χ3n) is 5.73. The Labute approximate surface area is 182 Å². The fraction of sp³-hybridized carbons (Fsp3) is 0.364. The number of carbonyl (C=O) groups is 1. The molecule has 0 atom stereocenters. The SMILES string of the molecule is CC1(C)c2nc(C(=O)CCc3ccc(F)cc3)c(O)c(=O)n2CCN1Cc1cscn1. The van der Waals surface area contributed by atoms with E-state index in [0.717, 1.165) is 11.3 Å². The van der Waals surface area contributed by atoms with Gasteiger partial charge in [-0.3, -0.25) is 19.1 Å². The maximum atomic E-state index is 13.1. The second kappa shape index (κ2) is 8.32. The summed E-state index contributed by atoms with van der Waals surface area (Å²) in [7, 11) is 0. The predicted octanol–water partition coefficient (Wildman–Crippen LogP) is 3.11. The first-order chi connectivity index (χ1) is 14.8. The molecule has 31 heavy (non-hydrogen) atoms. The standard InChI is InChI=1S/C22H23FN4O3S/c1-22(2)21-25-18(17(28)8-5-14-3-6-15(23)7-4-14)19(29)20(30)27(21)10-9-26(22)11-16-12-31-13-24-16/h3-4,6-7,12-13,29H,5,8-11H2,1-2H3. The van der Waals surface area contributed by atoms with Crippen LogP contribution in [0.4, 0.5) is 4.39 Å². The molecule has 1 aliphatic rings. The van der Waals surface area contributed by atoms with Gasteiger partial charge in [0.2, 0.25) is 5.75 Å². The van der Waals surface area contributed by atoms with Crippen LogP contribution >= 0.6 is 11.3 Å². The number of aromatic nitrogens is 3. The minimum atomic E-state index is -0.638. The van der Waals surface area contributed by atoms with Gasteiger partial charge in [-0.1, -0.05) is 12.1 Å². The molecule has 1 aliphatic heterocycles. The van der Waals surface area contributed by atoms with Gasteiger partial charge in [0.05, 0.1) is 16.7 Å². The van der Waals surface area contributed by atoms with Crippen molar-refractivity contribution in [3.63, 3.8) is 0 Å². The van der Waals surface area contributed by atoms with E-state index in [1.54, 1.807) is 17.6 Å². The summed E-state index contributed by atoms with van der Waals surface area (Å²) in [6, 6.07) is 5.88. The van der Waals surface area contributed by atoms with E-state index in [2.05, 4.69) is 14.9 Å². The zero-order chi connectivity index (χ0) is 22.2. The summed E-state index contributed by atoms with van der Waals surface area (Å²) < 4.78 is 14.5. The van der Waals surface area contributed by atoms with Gasteiger partial charge in [0.25, 0.3) is 5.56 Å². The van der Waals surface area contributed by atoms with E-state index in [1.165, 1.54) is 28.0 Å². The van der Waals surface area contributed by atoms with Crippen LogP contribution in [0.5, 0.6) is 5.75 Å². The van der Waals surface area contributed by atoms with Crippen LogP contribution in [0, 0.1) is 5.82 Å². The summed E-state index contributed by atoms with van der Waals surface area (Å²) in [6.45, 7) is 5.45. The molecule has 0 fully saturated rings. The third-order valence-corrected chi connectivity index (χ3v) is 6.37. The Morgan fingerprint density at radius 3 is 2.68 bits per heavy atom. The quantitative estimate of drug-likeness (QED) is 0.590. The second-order valence-corrected chi connectivity index (χ2v) is 8.82. The maximum Gasteiger partial charge on any atom is 0.296 e. The Hall–Kier alpha value is -2.91. The van der Waals surface area contributed by atoms with Crippen LogP contribution < -0.4 is 5.56 Å². The number of aryl methyl sites for hydroxylation is 1. The molecule has 3 aromatic rings. The smallest absolute Gasteiger partial charge is 0.296 e. The molecule has 0 saturated carbocycles. The van der Waals surface area contributed by atoms with E-state index in [4.69, 9.17) is 0 Å². The van der Waals surface area contributed by atoms with Crippen LogP contribution in [0.15, 0.2) is 40.0 Å². The Morgan fingerprint density at radius 1 is 1.26 bits per heavy atom. The molecule has 0 bridgehead atoms. The number of nitrogens with zero attached hydrogens (tertiary/aromatic N) is 4. The van der Waals surface area contributed by atoms with Crippen LogP contribution in [-0.4, -0.2) is 36.9 Å². The van der Waals surface area contributed by atoms with E-state index < -0.39 is 22.6 Å². The Morgan fingerprint density at radius 2 is 2.00 bits per heavy atom. The van der Waals surface area contributed by atoms with Gasteiger partial charge in [0, 0.05) is 31.4 Å². The first-order valence-corrected chi connectivity index (χ1v) is 11.0. The lowest BCUT2D eigenvalue weighted by Crippen LogP contribution is -2.52. The minimum Gasteiger partial charge on any atom is -0.501 e. The summed E-state index contributed by atoms with van der Waals surface area (Å²) in [5, 5.41) is 12.4. The molecule has 4 rings (SSSR count). The first-order valence-electron chi connectivity index (χ1n) is 10.0. The number of hydrogen-bond acceptors (Lipinski definition) is 7. The zero-order valence-electron chi connectivity index (χ0n) is 17.3. The van der Waals surface area contributed by atoms with Crippen molar-refractivity contribution in [3.8, 4) is 5.75 Å². The Kier molecular flexibility index (Phi) is 5.72. The highest BCUT2D eigenvalue weighted by Gasteiger charge is 2.39. The first kappa shape index (κ1) is 21.3. The van der Waals surface area contributed by atoms with Gasteiger partial charge in [0.1, 0.15) is 11.6 Å². The van der Waals surface area contributed by atoms with Gasteiger partial charge in [-0.25, -0.2) is 14.4 Å². The number of hydrogen-bond donors (Lipinski definition) is 1. The molecule has 7 nitrogen and oxygen atoms in total. The summed E-state index contributed by atoms with van der Waals surface area (Å²) >= 11 is 1.52. The normalized spacial score (nSPS) is 15.6. The lowest BCUT2D eigenvalue weighted by atomic mass is 9.97. The van der Waals surface area contributed by atoms with Crippen molar-refractivity contribution >= 4 is 17.1 Å². The van der Waals surface area contributed by atoms with Gasteiger partial charge in [0.15, 0.2) is 11.5 Å². The molecule has 0 saturated heterocycles. The number of benzene rings is 1. The highest BCUT2D eigenvalue weighted by molar-refractivity contribution is 7.07. The summed E-state index contributed by atoms with van der Waals surface area (Å²) in [5.41, 5.74) is 2.06. The van der Waals surface area contributed by atoms with E-state index >= 15 is 0 Å². The molecule has 1 aromatic carbocycles. The molecule has 1 N–H and O–H groups in total. The van der Waals surface area contributed by atoms with Crippen molar-refractivity contribution in [2.45, 2.75) is 45.3 Å². The Balaban J connectivity index is 1.62. The number of halogens is 1. The van der Waals surface area contributed by atoms with Crippen molar-refractivity contribution in [1.29, 1.82) is 0 Å². The van der Waals surface area contributed by atoms with E-state index in [0.29, 0.717) is 31.9 Å². The Bertz CT molecular complexity index is 1160. The summed E-state index contributed by atoms with van der Waals surface area (Å²) in [4.78, 5) is 36.6. The number of aromatic hydroxyl groups is 1. The lowest BCUT2D eigenvalue weighted by molar-refractivity contribution is 0.0640. The van der Waals surface area contributed by atoms with E-state index in [9.17, 15) is 19.1 Å². The molecule has 0 unspecified atom stereocenters. The number of rotatable bonds is 6. The van der Waals surface area contributed by atoms with Crippen molar-refractivity contribution < 1.29 is 14.3 Å². The van der Waals surface area contributed by atoms with Crippen molar-refractivity contribution in [3.05, 3.63) is 74.1 Å². The second-order valence-electron chi connectivity index (χ2n) is 8.10. The number of carbonyl (C=O) groups excluding carboxylic acids is 1. The van der Waals surface area contributed by atoms with Gasteiger partial charge in [-0.15, -0.1) is 11.3 Å². The molecular formula is C22H23FN4O3S. The topological polar surface area (TPSA) is 88.3 Å². The van der Waals surface area contributed by atoms with Crippen LogP contribution in [0.1, 0.15) is 47.8 Å². The van der Waals surface area contributed by atoms with Gasteiger partial charge in [-0.2, -0.15) is 0 Å². The summed E-state index contributed by atoms with van der Waals surface area (Å²) in [6.07, 6.45) is 0.413. The van der Waals surface area contributed by atoms with Crippen molar-refractivity contribution in [2.75, 3.05) is 6.54 Å². The van der Waals surface area contributed by atoms with Crippen molar-refractivity contribution in [2.24, 2.45) is 0 Å². The molecule has 2 aromatic heterocycles.